The summed E-state index contributed by atoms with van der Waals surface area (Å²) in [7, 11) is 0. The van der Waals surface area contributed by atoms with Gasteiger partial charge in [0.1, 0.15) is 11.4 Å². The van der Waals surface area contributed by atoms with Crippen molar-refractivity contribution in [1.82, 2.24) is 4.90 Å². The molecule has 4 aromatic rings. The number of carbonyl (C=O) groups is 1. The van der Waals surface area contributed by atoms with Crippen LogP contribution >= 0.6 is 0 Å². The molecule has 0 aromatic heterocycles. The van der Waals surface area contributed by atoms with Crippen LogP contribution < -0.4 is 10.2 Å². The van der Waals surface area contributed by atoms with Crippen LogP contribution in [0.2, 0.25) is 0 Å². The van der Waals surface area contributed by atoms with Gasteiger partial charge in [-0.05, 0) is 86.5 Å². The molecule has 1 aliphatic heterocycles. The number of para-hydroxylation sites is 1. The maximum absolute atomic E-state index is 14.0. The molecule has 2 atom stereocenters. The Labute approximate surface area is 274 Å². The monoisotopic (exact) mass is 647 g/mol. The van der Waals surface area contributed by atoms with Crippen molar-refractivity contribution >= 4 is 23.3 Å². The van der Waals surface area contributed by atoms with E-state index >= 15 is 0 Å². The number of likely N-dealkylation sites (tertiary alicyclic amines) is 1. The van der Waals surface area contributed by atoms with E-state index < -0.39 is 17.3 Å². The molecule has 0 amide bonds. The molecular formula is C37H36FN3NiO3. The zero-order valence-electron chi connectivity index (χ0n) is 25.6. The molecule has 0 N–H and O–H groups in total. The average Bonchev–Trinajstić information content (AvgIpc) is 3.47. The van der Waals surface area contributed by atoms with Gasteiger partial charge >= 0.3 is 16.5 Å². The van der Waals surface area contributed by atoms with E-state index in [0.717, 1.165) is 18.5 Å². The van der Waals surface area contributed by atoms with Crippen molar-refractivity contribution in [3.8, 4) is 0 Å². The van der Waals surface area contributed by atoms with Gasteiger partial charge in [-0.3, -0.25) is 14.9 Å². The van der Waals surface area contributed by atoms with E-state index in [1.165, 1.54) is 36.2 Å². The normalized spacial score (nSPS) is 17.0. The maximum Gasteiger partial charge on any atom is 2.00 e. The molecule has 6 nitrogen and oxygen atoms in total. The third kappa shape index (κ3) is 8.13. The van der Waals surface area contributed by atoms with Crippen molar-refractivity contribution in [2.75, 3.05) is 6.54 Å². The second-order valence-corrected chi connectivity index (χ2v) is 11.7. The van der Waals surface area contributed by atoms with Crippen LogP contribution in [0.25, 0.3) is 0 Å². The summed E-state index contributed by atoms with van der Waals surface area (Å²) in [6.07, 6.45) is 1.53. The molecule has 1 heterocycles. The SMILES string of the molecule is Cc1ccc(CN2CCC[C@H]2C([O-])=Nc2ccccc2C(=N[C@@](C)(Cc2cccc(F)c2)C(=O)[O-])c2ccccc2)cc1C.[Ni+2]. The predicted molar refractivity (Wildman–Crippen MR) is 168 cm³/mol. The fourth-order valence-corrected chi connectivity index (χ4v) is 5.72. The number of aliphatic imine (C=N–C) groups is 2. The van der Waals surface area contributed by atoms with E-state index in [4.69, 9.17) is 4.99 Å². The number of rotatable bonds is 10. The standard InChI is InChI=1S/C37H38FN3O3.Ni/c1-25-18-19-28(21-26(25)2)24-41-20-10-17-33(41)35(42)39-32-16-8-7-15-31(32)34(29-12-5-4-6-13-29)40-37(3,36(43)44)23-27-11-9-14-30(38)22-27;/h4-9,11-16,18-19,21-22,33H,10,17,20,23-24H2,1-3H3,(H,39,42)(H,43,44);/q;+2/p-2/t33-,37-;/m0./s1. The first-order valence-corrected chi connectivity index (χ1v) is 14.9. The number of carboxylic acid groups (broad SMARTS) is 1. The van der Waals surface area contributed by atoms with Crippen LogP contribution in [-0.4, -0.2) is 40.6 Å². The van der Waals surface area contributed by atoms with Crippen molar-refractivity contribution < 1.29 is 35.9 Å². The van der Waals surface area contributed by atoms with Crippen molar-refractivity contribution in [3.63, 3.8) is 0 Å². The Hall–Kier alpha value is -4.13. The van der Waals surface area contributed by atoms with Gasteiger partial charge in [-0.1, -0.05) is 78.9 Å². The smallest absolute Gasteiger partial charge is 0.861 e. The van der Waals surface area contributed by atoms with Gasteiger partial charge in [-0.25, -0.2) is 4.39 Å². The van der Waals surface area contributed by atoms with Gasteiger partial charge in [0.2, 0.25) is 0 Å². The van der Waals surface area contributed by atoms with Crippen LogP contribution in [0.15, 0.2) is 107 Å². The number of halogens is 1. The fourth-order valence-electron chi connectivity index (χ4n) is 5.72. The number of aliphatic carboxylic acids is 1. The first-order chi connectivity index (χ1) is 21.1. The molecule has 234 valence electrons. The van der Waals surface area contributed by atoms with Gasteiger partial charge in [-0.15, -0.1) is 0 Å². The molecule has 8 heteroatoms. The summed E-state index contributed by atoms with van der Waals surface area (Å²) in [6, 6.07) is 28.2. The second kappa shape index (κ2) is 14.8. The van der Waals surface area contributed by atoms with Crippen molar-refractivity contribution in [3.05, 3.63) is 136 Å². The van der Waals surface area contributed by atoms with Gasteiger partial charge < -0.3 is 15.0 Å². The number of carbonyl (C=O) groups excluding carboxylic acids is 1. The molecule has 0 radical (unpaired) electrons. The maximum atomic E-state index is 14.0. The molecule has 4 aromatic carbocycles. The summed E-state index contributed by atoms with van der Waals surface area (Å²) in [4.78, 5) is 24.1. The molecule has 0 saturated carbocycles. The molecule has 0 unspecified atom stereocenters. The zero-order valence-corrected chi connectivity index (χ0v) is 26.6. The molecule has 0 spiro atoms. The van der Waals surface area contributed by atoms with E-state index in [1.54, 1.807) is 24.3 Å². The van der Waals surface area contributed by atoms with E-state index in [9.17, 15) is 19.4 Å². The first kappa shape index (κ1) is 33.8. The van der Waals surface area contributed by atoms with Crippen molar-refractivity contribution in [2.24, 2.45) is 9.98 Å². The van der Waals surface area contributed by atoms with E-state index in [-0.39, 0.29) is 34.9 Å². The Bertz CT molecular complexity index is 1710. The van der Waals surface area contributed by atoms with E-state index in [2.05, 4.69) is 41.9 Å². The summed E-state index contributed by atoms with van der Waals surface area (Å²) in [5.74, 6) is -2.10. The summed E-state index contributed by atoms with van der Waals surface area (Å²) in [6.45, 7) is 7.11. The second-order valence-electron chi connectivity index (χ2n) is 11.7. The molecule has 1 aliphatic rings. The minimum absolute atomic E-state index is 0. The number of benzene rings is 4. The summed E-state index contributed by atoms with van der Waals surface area (Å²) in [5, 5.41) is 26.3. The quantitative estimate of drug-likeness (QED) is 0.136. The third-order valence-corrected chi connectivity index (χ3v) is 8.28. The van der Waals surface area contributed by atoms with Crippen LogP contribution in [0, 0.1) is 19.7 Å². The van der Waals surface area contributed by atoms with Crippen LogP contribution in [0.5, 0.6) is 0 Å². The van der Waals surface area contributed by atoms with E-state index in [1.807, 2.05) is 36.4 Å². The van der Waals surface area contributed by atoms with Crippen LogP contribution in [0.1, 0.15) is 53.1 Å². The zero-order chi connectivity index (χ0) is 31.3. The number of hydrogen-bond acceptors (Lipinski definition) is 6. The van der Waals surface area contributed by atoms with Gasteiger partial charge in [0, 0.05) is 30.1 Å². The van der Waals surface area contributed by atoms with Gasteiger partial charge in [0.05, 0.1) is 17.4 Å². The minimum atomic E-state index is -1.73. The number of nitrogens with zero attached hydrogens (tertiary/aromatic N) is 3. The Balaban J connectivity index is 0.00000461. The Morgan fingerprint density at radius 2 is 1.64 bits per heavy atom. The Kier molecular flexibility index (Phi) is 11.1. The van der Waals surface area contributed by atoms with Crippen LogP contribution in [0.4, 0.5) is 10.1 Å². The largest absolute Gasteiger partial charge is 2.00 e. The number of carboxylic acids is 1. The summed E-state index contributed by atoms with van der Waals surface area (Å²) in [5.41, 5.74) is 4.31. The van der Waals surface area contributed by atoms with Gasteiger partial charge in [0.25, 0.3) is 0 Å². The van der Waals surface area contributed by atoms with Gasteiger partial charge in [0.15, 0.2) is 0 Å². The summed E-state index contributed by atoms with van der Waals surface area (Å²) >= 11 is 0. The topological polar surface area (TPSA) is 91.2 Å². The van der Waals surface area contributed by atoms with Crippen molar-refractivity contribution in [2.45, 2.75) is 58.2 Å². The fraction of sp³-hybridized carbons (Fsp3) is 0.270. The molecule has 45 heavy (non-hydrogen) atoms. The Morgan fingerprint density at radius 1 is 0.911 bits per heavy atom. The van der Waals surface area contributed by atoms with E-state index in [0.29, 0.717) is 41.1 Å². The molecule has 0 bridgehead atoms. The van der Waals surface area contributed by atoms with Crippen LogP contribution in [0.3, 0.4) is 0 Å². The molecule has 0 aliphatic carbocycles. The Morgan fingerprint density at radius 3 is 2.36 bits per heavy atom. The van der Waals surface area contributed by atoms with Crippen molar-refractivity contribution in [1.29, 1.82) is 0 Å². The summed E-state index contributed by atoms with van der Waals surface area (Å²) < 4.78 is 14.0. The number of hydrogen-bond donors (Lipinski definition) is 0. The molecule has 1 saturated heterocycles. The molecule has 1 fully saturated rings. The van der Waals surface area contributed by atoms with Gasteiger partial charge in [-0.2, -0.15) is 0 Å². The average molecular weight is 648 g/mol. The number of aryl methyl sites for hydroxylation is 2. The molecule has 5 rings (SSSR count). The molecular weight excluding hydrogens is 612 g/mol. The predicted octanol–water partition coefficient (Wildman–Crippen LogP) is 5.08. The van der Waals surface area contributed by atoms with Crippen LogP contribution in [-0.2, 0) is 34.3 Å². The minimum Gasteiger partial charge on any atom is -0.861 e. The third-order valence-electron chi connectivity index (χ3n) is 8.28. The first-order valence-electron chi connectivity index (χ1n) is 14.9.